The number of methoxy groups -OCH3 is 2. The molecule has 4 aromatic rings. The number of nitrogens with zero attached hydrogens (tertiary/aromatic N) is 2. The average Bonchev–Trinajstić information content (AvgIpc) is 4.01. The van der Waals surface area contributed by atoms with Crippen LogP contribution >= 0.6 is 0 Å². The van der Waals surface area contributed by atoms with Gasteiger partial charge < -0.3 is 9.47 Å². The number of carbonyl (C=O) groups is 2. The van der Waals surface area contributed by atoms with Crippen LogP contribution < -0.4 is 0 Å². The molecule has 0 N–H and O–H groups in total. The van der Waals surface area contributed by atoms with Crippen LogP contribution in [0.15, 0.2) is 67.5 Å². The standard InChI is InChI=1S/C26H33NO2.C24H29NO2/c1-16-13-20-21(26(4,5)12-11-25(20,2)3)14-19(16)23(17-7-8-17)18-9-10-22(27-15-18)24(28)29-6;1-15-12-19-20(24(5,6)11-10-23(19,3)4)13-18(15)16(2)17-8-9-21(25-14-17)22(26)27-7/h9-10,13-15,17,23H,7-8,11-12H2,1-6H3;8-9,12-14H,2,10-11H2,1,3-7H3. The van der Waals surface area contributed by atoms with Gasteiger partial charge >= 0.3 is 11.9 Å². The van der Waals surface area contributed by atoms with Crippen molar-refractivity contribution in [3.8, 4) is 0 Å². The van der Waals surface area contributed by atoms with Crippen LogP contribution in [-0.4, -0.2) is 36.1 Å². The second-order valence-electron chi connectivity index (χ2n) is 19.2. The monoisotopic (exact) mass is 754 g/mol. The first-order valence-electron chi connectivity index (χ1n) is 20.3. The molecule has 6 heteroatoms. The number of benzene rings is 2. The minimum Gasteiger partial charge on any atom is -0.464 e. The van der Waals surface area contributed by atoms with Gasteiger partial charge in [-0.05, 0) is 148 Å². The van der Waals surface area contributed by atoms with E-state index in [1.54, 1.807) is 18.3 Å². The molecule has 1 saturated carbocycles. The Kier molecular flexibility index (Phi) is 11.0. The summed E-state index contributed by atoms with van der Waals surface area (Å²) in [7, 11) is 2.75. The number of aromatic nitrogens is 2. The molecular weight excluding hydrogens is 693 g/mol. The first kappa shape index (κ1) is 41.1. The van der Waals surface area contributed by atoms with Gasteiger partial charge in [0.15, 0.2) is 0 Å². The van der Waals surface area contributed by atoms with Crippen LogP contribution in [0.25, 0.3) is 5.57 Å². The number of rotatable bonds is 7. The van der Waals surface area contributed by atoms with Crippen molar-refractivity contribution in [2.24, 2.45) is 5.92 Å². The van der Waals surface area contributed by atoms with E-state index < -0.39 is 5.97 Å². The predicted octanol–water partition coefficient (Wildman–Crippen LogP) is 11.7. The van der Waals surface area contributed by atoms with Crippen LogP contribution in [0.2, 0.25) is 0 Å². The van der Waals surface area contributed by atoms with Crippen LogP contribution in [-0.2, 0) is 31.1 Å². The van der Waals surface area contributed by atoms with Crippen molar-refractivity contribution in [3.05, 3.63) is 135 Å². The average molecular weight is 755 g/mol. The van der Waals surface area contributed by atoms with Crippen molar-refractivity contribution in [3.63, 3.8) is 0 Å². The molecule has 0 radical (unpaired) electrons. The number of hydrogen-bond donors (Lipinski definition) is 0. The molecule has 296 valence electrons. The van der Waals surface area contributed by atoms with Crippen LogP contribution in [0.5, 0.6) is 0 Å². The maximum Gasteiger partial charge on any atom is 0.356 e. The zero-order valence-corrected chi connectivity index (χ0v) is 35.9. The number of carbonyl (C=O) groups excluding carboxylic acids is 2. The second kappa shape index (κ2) is 15.1. The van der Waals surface area contributed by atoms with E-state index in [2.05, 4.69) is 116 Å². The van der Waals surface area contributed by atoms with Crippen molar-refractivity contribution >= 4 is 17.5 Å². The molecular formula is C50H62N2O4. The summed E-state index contributed by atoms with van der Waals surface area (Å²) in [5, 5.41) is 0. The minimum atomic E-state index is -0.430. The number of hydrogen-bond acceptors (Lipinski definition) is 6. The molecule has 2 aromatic heterocycles. The highest BCUT2D eigenvalue weighted by atomic mass is 16.5. The van der Waals surface area contributed by atoms with E-state index in [1.807, 2.05) is 12.3 Å². The SMILES string of the molecule is C=C(c1ccc(C(=O)OC)nc1)c1cc2c(cc1C)C(C)(C)CCC2(C)C.COC(=O)c1ccc(C(c2cc3c(cc2C)C(C)(C)CCC3(C)C)C2CC2)cn1. The molecule has 2 heterocycles. The lowest BCUT2D eigenvalue weighted by atomic mass is 9.62. The molecule has 3 aliphatic rings. The Bertz CT molecular complexity index is 2150. The Labute approximate surface area is 335 Å². The molecule has 1 fully saturated rings. The van der Waals surface area contributed by atoms with Gasteiger partial charge in [0.1, 0.15) is 11.4 Å². The number of fused-ring (bicyclic) bond motifs is 2. The van der Waals surface area contributed by atoms with Gasteiger partial charge in [-0.15, -0.1) is 0 Å². The van der Waals surface area contributed by atoms with Crippen molar-refractivity contribution in [1.82, 2.24) is 9.97 Å². The largest absolute Gasteiger partial charge is 0.464 e. The Morgan fingerprint density at radius 2 is 1.09 bits per heavy atom. The van der Waals surface area contributed by atoms with Gasteiger partial charge in [0, 0.05) is 23.9 Å². The third kappa shape index (κ3) is 7.99. The fourth-order valence-corrected chi connectivity index (χ4v) is 9.02. The Morgan fingerprint density at radius 3 is 1.52 bits per heavy atom. The number of ether oxygens (including phenoxy) is 2. The molecule has 0 bridgehead atoms. The highest BCUT2D eigenvalue weighted by Crippen LogP contribution is 2.52. The predicted molar refractivity (Wildman–Crippen MR) is 227 cm³/mol. The Hall–Kier alpha value is -4.58. The van der Waals surface area contributed by atoms with Crippen LogP contribution in [0.1, 0.15) is 176 Å². The summed E-state index contributed by atoms with van der Waals surface area (Å²) in [6.07, 6.45) is 10.9. The summed E-state index contributed by atoms with van der Waals surface area (Å²) in [5.41, 5.74) is 15.6. The number of aryl methyl sites for hydroxylation is 2. The van der Waals surface area contributed by atoms with Crippen LogP contribution in [0, 0.1) is 19.8 Å². The van der Waals surface area contributed by atoms with Gasteiger partial charge in [-0.3, -0.25) is 0 Å². The quantitative estimate of drug-likeness (QED) is 0.175. The van der Waals surface area contributed by atoms with E-state index in [4.69, 9.17) is 9.47 Å². The Balaban J connectivity index is 0.000000190. The molecule has 0 amide bonds. The van der Waals surface area contributed by atoms with Gasteiger partial charge in [0.25, 0.3) is 0 Å². The maximum absolute atomic E-state index is 11.8. The second-order valence-corrected chi connectivity index (χ2v) is 19.2. The molecule has 1 atom stereocenters. The molecule has 2 aromatic carbocycles. The summed E-state index contributed by atoms with van der Waals surface area (Å²) < 4.78 is 9.52. The van der Waals surface area contributed by atoms with E-state index in [1.165, 1.54) is 97.3 Å². The summed E-state index contributed by atoms with van der Waals surface area (Å²) >= 11 is 0. The molecule has 56 heavy (non-hydrogen) atoms. The molecule has 6 nitrogen and oxygen atoms in total. The Morgan fingerprint density at radius 1 is 0.643 bits per heavy atom. The first-order chi connectivity index (χ1) is 26.2. The lowest BCUT2D eigenvalue weighted by molar-refractivity contribution is 0.0585. The van der Waals surface area contributed by atoms with Gasteiger partial charge in [-0.25, -0.2) is 19.6 Å². The van der Waals surface area contributed by atoms with E-state index in [0.717, 1.165) is 16.7 Å². The zero-order valence-electron chi connectivity index (χ0n) is 35.9. The third-order valence-corrected chi connectivity index (χ3v) is 13.2. The third-order valence-electron chi connectivity index (χ3n) is 13.2. The summed E-state index contributed by atoms with van der Waals surface area (Å²) in [6, 6.07) is 17.1. The maximum atomic E-state index is 11.8. The zero-order chi connectivity index (χ0) is 41.0. The summed E-state index contributed by atoms with van der Waals surface area (Å²) in [4.78, 5) is 32.0. The molecule has 7 rings (SSSR count). The highest BCUT2D eigenvalue weighted by Gasteiger charge is 2.41. The topological polar surface area (TPSA) is 78.4 Å². The van der Waals surface area contributed by atoms with Gasteiger partial charge in [0.05, 0.1) is 14.2 Å². The van der Waals surface area contributed by atoms with Gasteiger partial charge in [-0.2, -0.15) is 0 Å². The van der Waals surface area contributed by atoms with E-state index >= 15 is 0 Å². The molecule has 3 aliphatic carbocycles. The van der Waals surface area contributed by atoms with Crippen LogP contribution in [0.3, 0.4) is 0 Å². The fraction of sp³-hybridized carbons (Fsp3) is 0.480. The number of esters is 2. The number of pyridine rings is 2. The van der Waals surface area contributed by atoms with E-state index in [0.29, 0.717) is 23.2 Å². The first-order valence-corrected chi connectivity index (χ1v) is 20.3. The van der Waals surface area contributed by atoms with Gasteiger partial charge in [0.2, 0.25) is 0 Å². The molecule has 0 saturated heterocycles. The smallest absolute Gasteiger partial charge is 0.356 e. The normalized spacial score (nSPS) is 18.9. The van der Waals surface area contributed by atoms with Crippen molar-refractivity contribution < 1.29 is 19.1 Å². The van der Waals surface area contributed by atoms with Crippen molar-refractivity contribution in [2.75, 3.05) is 14.2 Å². The summed E-state index contributed by atoms with van der Waals surface area (Å²) in [6.45, 7) is 27.6. The molecule has 0 spiro atoms. The molecule has 0 aliphatic heterocycles. The van der Waals surface area contributed by atoms with Crippen molar-refractivity contribution in [2.45, 2.75) is 135 Å². The molecule has 1 unspecified atom stereocenters. The summed E-state index contributed by atoms with van der Waals surface area (Å²) in [5.74, 6) is 0.201. The fourth-order valence-electron chi connectivity index (χ4n) is 9.02. The minimum absolute atomic E-state index is 0.153. The van der Waals surface area contributed by atoms with Gasteiger partial charge in [-0.1, -0.05) is 98.4 Å². The highest BCUT2D eigenvalue weighted by molar-refractivity contribution is 5.88. The lowest BCUT2D eigenvalue weighted by Gasteiger charge is -2.43. The van der Waals surface area contributed by atoms with Crippen molar-refractivity contribution in [1.29, 1.82) is 0 Å². The van der Waals surface area contributed by atoms with E-state index in [-0.39, 0.29) is 27.6 Å². The lowest BCUT2D eigenvalue weighted by Crippen LogP contribution is -2.34. The van der Waals surface area contributed by atoms with E-state index in [9.17, 15) is 9.59 Å². The van der Waals surface area contributed by atoms with Crippen LogP contribution in [0.4, 0.5) is 0 Å².